The van der Waals surface area contributed by atoms with Crippen LogP contribution in [0.2, 0.25) is 0 Å². The number of benzene rings is 4. The van der Waals surface area contributed by atoms with Gasteiger partial charge in [-0.1, -0.05) is 6.07 Å². The summed E-state index contributed by atoms with van der Waals surface area (Å²) in [5.41, 5.74) is 0.807. The van der Waals surface area contributed by atoms with Crippen LogP contribution in [-0.4, -0.2) is 52.8 Å². The van der Waals surface area contributed by atoms with Crippen molar-refractivity contribution < 1.29 is 48.4 Å². The number of carbonyl (C=O) groups is 5. The van der Waals surface area contributed by atoms with E-state index >= 15 is 0 Å². The van der Waals surface area contributed by atoms with Crippen LogP contribution in [0, 0.1) is 29.6 Å². The molecule has 14 nitrogen and oxygen atoms in total. The highest BCUT2D eigenvalue weighted by Gasteiger charge is 2.53. The highest BCUT2D eigenvalue weighted by molar-refractivity contribution is 6.09. The SMILES string of the molecule is C#CCCC(=O)C(C#N)C(=O)Nc1ccc(OCCCC(=O)NCC(=O)Nc2ccc3c(c2)C(=O)OC32c3ccc(O)cc3Oc3cc(O)ccc32)cc1. The average molecular weight is 729 g/mol. The lowest BCUT2D eigenvalue weighted by molar-refractivity contribution is -0.129. The molecular weight excluding hydrogens is 696 g/mol. The highest BCUT2D eigenvalue weighted by Crippen LogP contribution is 2.57. The van der Waals surface area contributed by atoms with E-state index in [2.05, 4.69) is 21.9 Å². The maximum atomic E-state index is 13.3. The Morgan fingerprint density at radius 1 is 0.833 bits per heavy atom. The summed E-state index contributed by atoms with van der Waals surface area (Å²) in [5, 5.41) is 37.2. The number of hydrogen-bond donors (Lipinski definition) is 5. The molecule has 2 heterocycles. The van der Waals surface area contributed by atoms with Gasteiger partial charge in [-0.2, -0.15) is 5.26 Å². The first kappa shape index (κ1) is 36.5. The van der Waals surface area contributed by atoms with Gasteiger partial charge in [-0.05, 0) is 67.1 Å². The molecule has 1 atom stereocenters. The van der Waals surface area contributed by atoms with Crippen molar-refractivity contribution in [2.45, 2.75) is 31.3 Å². The molecule has 0 saturated heterocycles. The molecule has 1 spiro atoms. The van der Waals surface area contributed by atoms with Crippen LogP contribution in [0.5, 0.6) is 28.7 Å². The Bertz CT molecular complexity index is 2200. The van der Waals surface area contributed by atoms with Crippen LogP contribution in [-0.2, 0) is 29.5 Å². The molecule has 1 unspecified atom stereocenters. The molecule has 0 bridgehead atoms. The zero-order valence-corrected chi connectivity index (χ0v) is 28.5. The number of anilines is 2. The number of fused-ring (bicyclic) bond motifs is 6. The summed E-state index contributed by atoms with van der Waals surface area (Å²) in [6.07, 6.45) is 5.61. The minimum Gasteiger partial charge on any atom is -0.508 e. The number of nitrogens with one attached hydrogen (secondary N) is 3. The number of phenolic OH excluding ortho intramolecular Hbond substituents is 2. The van der Waals surface area contributed by atoms with E-state index in [9.17, 15) is 39.4 Å². The smallest absolute Gasteiger partial charge is 0.340 e. The van der Waals surface area contributed by atoms with Crippen LogP contribution in [0.4, 0.5) is 11.4 Å². The summed E-state index contributed by atoms with van der Waals surface area (Å²) in [4.78, 5) is 62.9. The van der Waals surface area contributed by atoms with Crippen molar-refractivity contribution >= 4 is 40.8 Å². The van der Waals surface area contributed by atoms with E-state index in [0.717, 1.165) is 0 Å². The minimum absolute atomic E-state index is 0.0657. The van der Waals surface area contributed by atoms with E-state index in [4.69, 9.17) is 20.6 Å². The average Bonchev–Trinajstić information content (AvgIpc) is 3.43. The van der Waals surface area contributed by atoms with Gasteiger partial charge in [0.15, 0.2) is 17.3 Å². The van der Waals surface area contributed by atoms with E-state index in [1.165, 1.54) is 30.3 Å². The Balaban J connectivity index is 0.985. The van der Waals surface area contributed by atoms with Gasteiger partial charge in [0.05, 0.1) is 24.8 Å². The van der Waals surface area contributed by atoms with Gasteiger partial charge in [-0.3, -0.25) is 19.2 Å². The molecule has 0 fully saturated rings. The van der Waals surface area contributed by atoms with Crippen LogP contribution in [0.3, 0.4) is 0 Å². The number of ketones is 1. The Hall–Kier alpha value is -7.32. The fourth-order valence-corrected chi connectivity index (χ4v) is 6.14. The van der Waals surface area contributed by atoms with Gasteiger partial charge in [0, 0.05) is 59.5 Å². The number of rotatable bonds is 13. The first-order valence-electron chi connectivity index (χ1n) is 16.7. The summed E-state index contributed by atoms with van der Waals surface area (Å²) in [7, 11) is 0. The second kappa shape index (κ2) is 15.5. The zero-order valence-electron chi connectivity index (χ0n) is 28.5. The van der Waals surface area contributed by atoms with Crippen LogP contribution in [0.1, 0.15) is 52.7 Å². The maximum absolute atomic E-state index is 13.3. The first-order valence-corrected chi connectivity index (χ1v) is 16.7. The molecule has 5 N–H and O–H groups in total. The molecule has 0 aromatic heterocycles. The predicted octanol–water partition coefficient (Wildman–Crippen LogP) is 4.64. The number of amides is 3. The van der Waals surface area contributed by atoms with Crippen LogP contribution in [0.15, 0.2) is 78.9 Å². The third-order valence-corrected chi connectivity index (χ3v) is 8.67. The number of nitrogens with zero attached hydrogens (tertiary/aromatic N) is 1. The van der Waals surface area contributed by atoms with Crippen molar-refractivity contribution in [1.29, 1.82) is 5.26 Å². The van der Waals surface area contributed by atoms with Crippen molar-refractivity contribution in [2.75, 3.05) is 23.8 Å². The number of nitriles is 1. The molecule has 54 heavy (non-hydrogen) atoms. The molecule has 6 rings (SSSR count). The normalized spacial score (nSPS) is 13.3. The van der Waals surface area contributed by atoms with Gasteiger partial charge in [0.1, 0.15) is 28.7 Å². The lowest BCUT2D eigenvalue weighted by Crippen LogP contribution is -2.33. The molecule has 0 aliphatic carbocycles. The Morgan fingerprint density at radius 3 is 2.13 bits per heavy atom. The van der Waals surface area contributed by atoms with Gasteiger partial charge in [-0.25, -0.2) is 4.79 Å². The van der Waals surface area contributed by atoms with E-state index in [1.54, 1.807) is 54.6 Å². The van der Waals surface area contributed by atoms with Gasteiger partial charge < -0.3 is 40.4 Å². The van der Waals surface area contributed by atoms with Gasteiger partial charge >= 0.3 is 5.97 Å². The van der Waals surface area contributed by atoms with Crippen molar-refractivity contribution in [1.82, 2.24) is 5.32 Å². The predicted molar refractivity (Wildman–Crippen MR) is 192 cm³/mol. The highest BCUT2D eigenvalue weighted by atomic mass is 16.6. The molecule has 4 aromatic carbocycles. The van der Waals surface area contributed by atoms with Crippen LogP contribution < -0.4 is 25.4 Å². The van der Waals surface area contributed by atoms with Crippen molar-refractivity contribution in [3.63, 3.8) is 0 Å². The fraction of sp³-hybridized carbons (Fsp3) is 0.200. The Morgan fingerprint density at radius 2 is 1.48 bits per heavy atom. The topological polar surface area (TPSA) is 213 Å². The first-order chi connectivity index (χ1) is 26.0. The third-order valence-electron chi connectivity index (χ3n) is 8.67. The van der Waals surface area contributed by atoms with E-state index in [0.29, 0.717) is 40.2 Å². The Kier molecular flexibility index (Phi) is 10.5. The molecule has 2 aliphatic heterocycles. The van der Waals surface area contributed by atoms with Crippen molar-refractivity contribution in [3.8, 4) is 47.2 Å². The van der Waals surface area contributed by atoms with E-state index in [-0.39, 0.29) is 66.9 Å². The number of terminal acetylenes is 1. The monoisotopic (exact) mass is 728 g/mol. The molecule has 3 amide bonds. The molecule has 0 saturated carbocycles. The number of ether oxygens (including phenoxy) is 3. The molecule has 272 valence electrons. The largest absolute Gasteiger partial charge is 0.508 e. The number of carbonyl (C=O) groups excluding carboxylic acids is 5. The third kappa shape index (κ3) is 7.49. The molecular formula is C40H32N4O10. The molecule has 2 aliphatic rings. The summed E-state index contributed by atoms with van der Waals surface area (Å²) in [6.45, 7) is -0.146. The van der Waals surface area contributed by atoms with Gasteiger partial charge in [-0.15, -0.1) is 12.3 Å². The van der Waals surface area contributed by atoms with Crippen molar-refractivity contribution in [2.24, 2.45) is 5.92 Å². The second-order valence-electron chi connectivity index (χ2n) is 12.3. The lowest BCUT2D eigenvalue weighted by Gasteiger charge is -2.36. The molecule has 0 radical (unpaired) electrons. The van der Waals surface area contributed by atoms with Crippen molar-refractivity contribution in [3.05, 3.63) is 101 Å². The number of Topliss-reactive ketones (excluding diaryl/α,β-unsaturated/α-hetero) is 1. The van der Waals surface area contributed by atoms with E-state index in [1.807, 2.05) is 0 Å². The quantitative estimate of drug-likeness (QED) is 0.0554. The van der Waals surface area contributed by atoms with Crippen LogP contribution >= 0.6 is 0 Å². The van der Waals surface area contributed by atoms with Gasteiger partial charge in [0.25, 0.3) is 0 Å². The fourth-order valence-electron chi connectivity index (χ4n) is 6.14. The summed E-state index contributed by atoms with van der Waals surface area (Å²) >= 11 is 0. The zero-order chi connectivity index (χ0) is 38.4. The second-order valence-corrected chi connectivity index (χ2v) is 12.3. The maximum Gasteiger partial charge on any atom is 0.340 e. The number of hydrogen-bond acceptors (Lipinski definition) is 11. The Labute approximate surface area is 308 Å². The summed E-state index contributed by atoms with van der Waals surface area (Å²) < 4.78 is 17.6. The number of esters is 1. The summed E-state index contributed by atoms with van der Waals surface area (Å²) in [6, 6.07) is 21.5. The molecule has 14 heteroatoms. The van der Waals surface area contributed by atoms with E-state index < -0.39 is 35.1 Å². The standard InChI is InChI=1S/C40H32N4O10/c1-2-3-5-33(47)29(21-41)38(50)44-23-7-12-27(13-8-23)52-17-4-6-36(48)42-22-37(49)43-24-9-14-30-28(18-24)39(51)54-40(30)31-15-10-25(45)19-34(31)53-35-20-26(46)11-16-32(35)40/h1,7-16,18-20,29,45-46H,3-6,17,22H2,(H,42,48)(H,43,49)(H,44,50). The number of aromatic hydroxyl groups is 2. The number of phenols is 2. The van der Waals surface area contributed by atoms with Gasteiger partial charge in [0.2, 0.25) is 17.7 Å². The van der Waals surface area contributed by atoms with Crippen LogP contribution in [0.25, 0.3) is 0 Å². The minimum atomic E-state index is -1.47. The lowest BCUT2D eigenvalue weighted by atomic mass is 9.77. The molecule has 4 aromatic rings. The summed E-state index contributed by atoms with van der Waals surface area (Å²) in [5.74, 6) is -1.23.